The van der Waals surface area contributed by atoms with Crippen LogP contribution in [0.25, 0.3) is 10.2 Å². The highest BCUT2D eigenvalue weighted by Gasteiger charge is 2.09. The molecular formula is C14H11Cl2N3S2. The first-order chi connectivity index (χ1) is 10.2. The van der Waals surface area contributed by atoms with Crippen molar-refractivity contribution in [2.45, 2.75) is 10.6 Å². The van der Waals surface area contributed by atoms with Gasteiger partial charge in [-0.3, -0.25) is 0 Å². The molecule has 0 spiro atoms. The smallest absolute Gasteiger partial charge is 0.142 e. The fourth-order valence-corrected chi connectivity index (χ4v) is 4.02. The zero-order chi connectivity index (χ0) is 14.8. The van der Waals surface area contributed by atoms with Crippen LogP contribution in [-0.4, -0.2) is 17.0 Å². The number of anilines is 1. The lowest BCUT2D eigenvalue weighted by Gasteiger charge is -2.06. The van der Waals surface area contributed by atoms with Crippen molar-refractivity contribution in [3.05, 3.63) is 45.5 Å². The van der Waals surface area contributed by atoms with Gasteiger partial charge in [-0.25, -0.2) is 9.97 Å². The molecule has 0 atom stereocenters. The number of fused-ring (bicyclic) bond motifs is 1. The van der Waals surface area contributed by atoms with Gasteiger partial charge in [0.15, 0.2) is 0 Å². The fourth-order valence-electron chi connectivity index (χ4n) is 1.88. The lowest BCUT2D eigenvalue weighted by atomic mass is 10.4. The van der Waals surface area contributed by atoms with E-state index in [9.17, 15) is 0 Å². The van der Waals surface area contributed by atoms with Gasteiger partial charge in [-0.2, -0.15) is 0 Å². The van der Waals surface area contributed by atoms with E-state index in [-0.39, 0.29) is 0 Å². The fraction of sp³-hybridized carbons (Fsp3) is 0.143. The van der Waals surface area contributed by atoms with Gasteiger partial charge in [0, 0.05) is 17.0 Å². The highest BCUT2D eigenvalue weighted by molar-refractivity contribution is 7.98. The number of rotatable bonds is 4. The van der Waals surface area contributed by atoms with Gasteiger partial charge in [-0.1, -0.05) is 23.2 Å². The van der Waals surface area contributed by atoms with E-state index in [0.717, 1.165) is 26.8 Å². The molecule has 21 heavy (non-hydrogen) atoms. The molecule has 0 unspecified atom stereocenters. The second kappa shape index (κ2) is 6.40. The summed E-state index contributed by atoms with van der Waals surface area (Å²) < 4.78 is 0. The lowest BCUT2D eigenvalue weighted by Crippen LogP contribution is -1.99. The van der Waals surface area contributed by atoms with Crippen molar-refractivity contribution < 1.29 is 0 Å². The Kier molecular flexibility index (Phi) is 4.54. The van der Waals surface area contributed by atoms with E-state index in [4.69, 9.17) is 23.2 Å². The summed E-state index contributed by atoms with van der Waals surface area (Å²) in [5.41, 5.74) is 0. The first kappa shape index (κ1) is 14.9. The summed E-state index contributed by atoms with van der Waals surface area (Å²) in [4.78, 5) is 11.1. The Morgan fingerprint density at radius 1 is 1.24 bits per heavy atom. The van der Waals surface area contributed by atoms with Crippen molar-refractivity contribution in [3.63, 3.8) is 0 Å². The minimum absolute atomic E-state index is 0.641. The second-order valence-corrected chi connectivity index (χ2v) is 7.00. The lowest BCUT2D eigenvalue weighted by molar-refractivity contribution is 1.07. The minimum Gasteiger partial charge on any atom is -0.372 e. The van der Waals surface area contributed by atoms with Crippen molar-refractivity contribution in [2.24, 2.45) is 0 Å². The standard InChI is InChI=1S/C14H11Cl2N3S2/c1-17-13-9-4-5-20-14(9)19-12(18-13)7-21-11-6-8(15)2-3-10(11)16/h2-6H,7H2,1H3,(H,17,18,19). The second-order valence-electron chi connectivity index (χ2n) is 4.24. The molecule has 108 valence electrons. The molecule has 0 amide bonds. The Morgan fingerprint density at radius 3 is 2.90 bits per heavy atom. The maximum Gasteiger partial charge on any atom is 0.142 e. The number of nitrogens with one attached hydrogen (secondary N) is 1. The number of hydrogen-bond donors (Lipinski definition) is 1. The molecule has 3 aromatic rings. The summed E-state index contributed by atoms with van der Waals surface area (Å²) >= 11 is 15.4. The molecule has 0 radical (unpaired) electrons. The topological polar surface area (TPSA) is 37.8 Å². The quantitative estimate of drug-likeness (QED) is 0.641. The van der Waals surface area contributed by atoms with Crippen molar-refractivity contribution in [3.8, 4) is 0 Å². The van der Waals surface area contributed by atoms with Gasteiger partial charge in [0.1, 0.15) is 16.5 Å². The predicted octanol–water partition coefficient (Wildman–Crippen LogP) is 5.33. The molecule has 1 N–H and O–H groups in total. The van der Waals surface area contributed by atoms with Gasteiger partial charge in [-0.05, 0) is 29.6 Å². The van der Waals surface area contributed by atoms with Crippen LogP contribution in [0.2, 0.25) is 10.0 Å². The Morgan fingerprint density at radius 2 is 2.10 bits per heavy atom. The monoisotopic (exact) mass is 355 g/mol. The van der Waals surface area contributed by atoms with Gasteiger partial charge in [0.25, 0.3) is 0 Å². The van der Waals surface area contributed by atoms with Crippen LogP contribution < -0.4 is 5.32 Å². The zero-order valence-corrected chi connectivity index (χ0v) is 14.2. The Bertz CT molecular complexity index is 789. The molecule has 0 fully saturated rings. The zero-order valence-electron chi connectivity index (χ0n) is 11.1. The average molecular weight is 356 g/mol. The summed E-state index contributed by atoms with van der Waals surface area (Å²) in [5, 5.41) is 7.55. The normalized spacial score (nSPS) is 11.0. The number of thioether (sulfide) groups is 1. The van der Waals surface area contributed by atoms with Crippen LogP contribution in [0.3, 0.4) is 0 Å². The van der Waals surface area contributed by atoms with Crippen LogP contribution in [-0.2, 0) is 5.75 Å². The molecule has 2 heterocycles. The van der Waals surface area contributed by atoms with E-state index in [2.05, 4.69) is 15.3 Å². The summed E-state index contributed by atoms with van der Waals surface area (Å²) in [5.74, 6) is 2.27. The van der Waals surface area contributed by atoms with Crippen molar-refractivity contribution in [1.82, 2.24) is 9.97 Å². The van der Waals surface area contributed by atoms with Crippen molar-refractivity contribution in [2.75, 3.05) is 12.4 Å². The largest absolute Gasteiger partial charge is 0.372 e. The Labute approximate surface area is 140 Å². The van der Waals surface area contributed by atoms with Gasteiger partial charge in [0.2, 0.25) is 0 Å². The molecule has 0 saturated carbocycles. The number of thiophene rings is 1. The van der Waals surface area contributed by atoms with E-state index in [1.54, 1.807) is 35.2 Å². The highest BCUT2D eigenvalue weighted by Crippen LogP contribution is 2.32. The Balaban J connectivity index is 1.86. The third kappa shape index (κ3) is 3.26. The van der Waals surface area contributed by atoms with E-state index in [1.165, 1.54) is 0 Å². The molecule has 0 aliphatic carbocycles. The Hall–Kier alpha value is -1.01. The summed E-state index contributed by atoms with van der Waals surface area (Å²) in [6.07, 6.45) is 0. The molecule has 3 rings (SSSR count). The number of benzene rings is 1. The maximum absolute atomic E-state index is 6.17. The van der Waals surface area contributed by atoms with Gasteiger partial charge in [0.05, 0.1) is 16.2 Å². The van der Waals surface area contributed by atoms with E-state index >= 15 is 0 Å². The first-order valence-corrected chi connectivity index (χ1v) is 8.79. The van der Waals surface area contributed by atoms with Crippen molar-refractivity contribution >= 4 is 62.3 Å². The maximum atomic E-state index is 6.17. The molecule has 0 aliphatic rings. The van der Waals surface area contributed by atoms with E-state index < -0.39 is 0 Å². The third-order valence-electron chi connectivity index (χ3n) is 2.86. The number of hydrogen-bond acceptors (Lipinski definition) is 5. The molecule has 2 aromatic heterocycles. The molecule has 0 bridgehead atoms. The molecule has 7 heteroatoms. The minimum atomic E-state index is 0.641. The van der Waals surface area contributed by atoms with Crippen LogP contribution in [0, 0.1) is 0 Å². The predicted molar refractivity (Wildman–Crippen MR) is 93.0 cm³/mol. The average Bonchev–Trinajstić information content (AvgIpc) is 2.95. The highest BCUT2D eigenvalue weighted by atomic mass is 35.5. The first-order valence-electron chi connectivity index (χ1n) is 6.17. The number of nitrogens with zero attached hydrogens (tertiary/aromatic N) is 2. The van der Waals surface area contributed by atoms with Gasteiger partial charge >= 0.3 is 0 Å². The summed E-state index contributed by atoms with van der Waals surface area (Å²) in [6, 6.07) is 7.46. The van der Waals surface area contributed by atoms with Crippen molar-refractivity contribution in [1.29, 1.82) is 0 Å². The van der Waals surface area contributed by atoms with E-state index in [0.29, 0.717) is 15.8 Å². The number of halogens is 2. The van der Waals surface area contributed by atoms with Crippen LogP contribution in [0.4, 0.5) is 5.82 Å². The van der Waals surface area contributed by atoms with Gasteiger partial charge < -0.3 is 5.32 Å². The van der Waals surface area contributed by atoms with Crippen LogP contribution in [0.1, 0.15) is 5.82 Å². The van der Waals surface area contributed by atoms with Crippen LogP contribution >= 0.6 is 46.3 Å². The van der Waals surface area contributed by atoms with Gasteiger partial charge in [-0.15, -0.1) is 23.1 Å². The molecule has 0 saturated heterocycles. The van der Waals surface area contributed by atoms with Crippen LogP contribution in [0.15, 0.2) is 34.5 Å². The number of aromatic nitrogens is 2. The third-order valence-corrected chi connectivity index (χ3v) is 5.39. The molecule has 1 aromatic carbocycles. The van der Waals surface area contributed by atoms with E-state index in [1.807, 2.05) is 24.6 Å². The summed E-state index contributed by atoms with van der Waals surface area (Å²) in [6.45, 7) is 0. The van der Waals surface area contributed by atoms with Crippen LogP contribution in [0.5, 0.6) is 0 Å². The molecular weight excluding hydrogens is 345 g/mol. The SMILES string of the molecule is CNc1nc(CSc2cc(Cl)ccc2Cl)nc2sccc12. The molecule has 3 nitrogen and oxygen atoms in total. The molecule has 0 aliphatic heterocycles. The summed E-state index contributed by atoms with van der Waals surface area (Å²) in [7, 11) is 1.87.